The number of fused-ring (bicyclic) bond motifs is 5. The van der Waals surface area contributed by atoms with Gasteiger partial charge in [0.1, 0.15) is 0 Å². The minimum absolute atomic E-state index is 0. The number of hydrogen-bond donors (Lipinski definition) is 0. The van der Waals surface area contributed by atoms with Gasteiger partial charge >= 0.3 is 0 Å². The maximum atomic E-state index is 4.99. The third-order valence-electron chi connectivity index (χ3n) is 8.02. The molecule has 0 unspecified atom stereocenters. The molecule has 7 aromatic rings. The van der Waals surface area contributed by atoms with Gasteiger partial charge in [0.15, 0.2) is 0 Å². The van der Waals surface area contributed by atoms with Crippen molar-refractivity contribution in [1.82, 2.24) is 9.97 Å². The number of benzene rings is 5. The minimum atomic E-state index is 0. The van der Waals surface area contributed by atoms with E-state index in [4.69, 9.17) is 4.98 Å². The van der Waals surface area contributed by atoms with Gasteiger partial charge in [0.25, 0.3) is 0 Å². The van der Waals surface area contributed by atoms with Crippen molar-refractivity contribution >= 4 is 57.5 Å². The third kappa shape index (κ3) is 5.69. The first kappa shape index (κ1) is 29.8. The fraction of sp³-hybridized carbons (Fsp3) is 0.0256. The number of hydrogen-bond acceptors (Lipinski definition) is 4. The molecule has 217 valence electrons. The molecule has 0 fully saturated rings. The Morgan fingerprint density at radius 1 is 0.622 bits per heavy atom. The Morgan fingerprint density at radius 3 is 2.24 bits per heavy atom. The van der Waals surface area contributed by atoms with Crippen LogP contribution in [0.2, 0.25) is 0 Å². The molecule has 5 aromatic carbocycles. The van der Waals surface area contributed by atoms with E-state index in [1.54, 1.807) is 0 Å². The summed E-state index contributed by atoms with van der Waals surface area (Å²) in [6, 6.07) is 51.1. The number of pyridine rings is 2. The maximum absolute atomic E-state index is 4.99. The van der Waals surface area contributed by atoms with Crippen LogP contribution >= 0.6 is 23.5 Å². The summed E-state index contributed by atoms with van der Waals surface area (Å²) < 4.78 is 0. The zero-order chi connectivity index (χ0) is 29.5. The van der Waals surface area contributed by atoms with Crippen molar-refractivity contribution in [2.75, 3.05) is 0 Å². The van der Waals surface area contributed by atoms with Gasteiger partial charge in [-0.2, -0.15) is 0 Å². The van der Waals surface area contributed by atoms with Crippen LogP contribution in [-0.4, -0.2) is 16.7 Å². The Labute approximate surface area is 286 Å². The fourth-order valence-corrected chi connectivity index (χ4v) is 8.43. The summed E-state index contributed by atoms with van der Waals surface area (Å²) >= 11 is 3.76. The summed E-state index contributed by atoms with van der Waals surface area (Å²) in [4.78, 5) is 14.7. The normalized spacial score (nSPS) is 12.2. The van der Waals surface area contributed by atoms with Gasteiger partial charge in [0.05, 0.1) is 5.52 Å². The second kappa shape index (κ2) is 12.8. The molecule has 4 heterocycles. The number of aromatic nitrogens is 2. The molecule has 0 spiro atoms. The van der Waals surface area contributed by atoms with Gasteiger partial charge in [-0.25, -0.2) is 0 Å². The maximum Gasteiger partial charge on any atom is 0.228 e. The second-order valence-corrected chi connectivity index (χ2v) is 13.0. The van der Waals surface area contributed by atoms with Gasteiger partial charge < -0.3 is 4.98 Å². The van der Waals surface area contributed by atoms with Crippen molar-refractivity contribution in [3.05, 3.63) is 151 Å². The first-order valence-electron chi connectivity index (χ1n) is 14.6. The number of aryl methyl sites for hydroxylation is 1. The van der Waals surface area contributed by atoms with Crippen LogP contribution in [0.4, 0.5) is 0 Å². The van der Waals surface area contributed by atoms with Crippen LogP contribution < -0.4 is 16.4 Å². The van der Waals surface area contributed by atoms with E-state index < -0.39 is 0 Å². The van der Waals surface area contributed by atoms with Gasteiger partial charge in [-0.05, 0) is 63.9 Å². The Bertz CT molecular complexity index is 2150. The predicted octanol–water partition coefficient (Wildman–Crippen LogP) is 8.00. The molecule has 2 aromatic heterocycles. The molecule has 6 heteroatoms. The number of rotatable bonds is 2. The van der Waals surface area contributed by atoms with Gasteiger partial charge in [0, 0.05) is 36.1 Å². The van der Waals surface area contributed by atoms with Crippen LogP contribution in [0.5, 0.6) is 0 Å². The molecule has 0 N–H and O–H groups in total. The Hall–Kier alpha value is -3.93. The molecule has 2 aliphatic heterocycles. The molecular weight excluding hydrogens is 764 g/mol. The molecule has 0 saturated carbocycles. The van der Waals surface area contributed by atoms with Crippen molar-refractivity contribution in [3.8, 4) is 22.5 Å². The Kier molecular flexibility index (Phi) is 8.48. The van der Waals surface area contributed by atoms with Crippen molar-refractivity contribution in [3.63, 3.8) is 0 Å². The van der Waals surface area contributed by atoms with Crippen LogP contribution in [0.25, 0.3) is 33.4 Å². The third-order valence-corrected chi connectivity index (χ3v) is 10.4. The van der Waals surface area contributed by atoms with Gasteiger partial charge in [-0.1, -0.05) is 88.9 Å². The Morgan fingerprint density at radius 2 is 1.40 bits per heavy atom. The zero-order valence-corrected chi connectivity index (χ0v) is 28.4. The Balaban J connectivity index is 0.000000196. The SMILES string of the molecule is Cc1ccc(-c2[c-]cccc2)nc1.[Ir].[c-]1ccc2c(c1-c1ccc3ccccc3n1)Sc1cccc3c1B2c1ccccc1S3. The summed E-state index contributed by atoms with van der Waals surface area (Å²) in [7, 11) is 0. The molecule has 0 bridgehead atoms. The second-order valence-electron chi connectivity index (χ2n) is 10.9. The minimum Gasteiger partial charge on any atom is -0.304 e. The molecule has 0 aliphatic carbocycles. The quantitative estimate of drug-likeness (QED) is 0.131. The average molecular weight is 789 g/mol. The van der Waals surface area contributed by atoms with Crippen molar-refractivity contribution in [1.29, 1.82) is 0 Å². The van der Waals surface area contributed by atoms with Gasteiger partial charge in [-0.3, -0.25) is 4.98 Å². The summed E-state index contributed by atoms with van der Waals surface area (Å²) in [5.74, 6) is 0. The molecule has 9 rings (SSSR count). The van der Waals surface area contributed by atoms with E-state index in [1.807, 2.05) is 73.0 Å². The van der Waals surface area contributed by atoms with Crippen LogP contribution in [-0.2, 0) is 20.1 Å². The summed E-state index contributed by atoms with van der Waals surface area (Å²) in [5, 5.41) is 1.16. The monoisotopic (exact) mass is 789 g/mol. The molecule has 45 heavy (non-hydrogen) atoms. The molecule has 0 atom stereocenters. The standard InChI is InChI=1S/C27H15BNS2.C12H10N.Ir/c1-3-11-21-17(7-1)15-16-22(29-21)18-8-5-10-20-27(18)31-25-14-6-13-24-26(25)28(20)19-9-2-4-12-23(19)30-24;1-10-7-8-12(13-9-10)11-5-3-2-4-6-11;/h1-7,9-16H;2-5,7-9H,1H3;/q2*-1;. The van der Waals surface area contributed by atoms with Crippen molar-refractivity contribution in [2.24, 2.45) is 0 Å². The van der Waals surface area contributed by atoms with Crippen molar-refractivity contribution < 1.29 is 20.1 Å². The van der Waals surface area contributed by atoms with Gasteiger partial charge in [-0.15, -0.1) is 76.9 Å². The van der Waals surface area contributed by atoms with E-state index in [1.165, 1.54) is 41.5 Å². The molecule has 2 nitrogen and oxygen atoms in total. The first-order valence-corrected chi connectivity index (χ1v) is 16.2. The number of nitrogens with zero attached hydrogens (tertiary/aromatic N) is 2. The van der Waals surface area contributed by atoms with Gasteiger partial charge in [0.2, 0.25) is 6.71 Å². The van der Waals surface area contributed by atoms with E-state index >= 15 is 0 Å². The molecule has 0 saturated heterocycles. The van der Waals surface area contributed by atoms with Crippen LogP contribution in [0.15, 0.2) is 153 Å². The molecule has 1 radical (unpaired) electrons. The van der Waals surface area contributed by atoms with Crippen LogP contribution in [0, 0.1) is 19.1 Å². The van der Waals surface area contributed by atoms with E-state index in [0.717, 1.165) is 33.4 Å². The van der Waals surface area contributed by atoms with E-state index in [2.05, 4.69) is 108 Å². The summed E-state index contributed by atoms with van der Waals surface area (Å²) in [5.41, 5.74) is 10.5. The van der Waals surface area contributed by atoms with Crippen LogP contribution in [0.1, 0.15) is 5.56 Å². The van der Waals surface area contributed by atoms with E-state index in [0.29, 0.717) is 0 Å². The van der Waals surface area contributed by atoms with Crippen LogP contribution in [0.3, 0.4) is 0 Å². The average Bonchev–Trinajstić information content (AvgIpc) is 3.09. The van der Waals surface area contributed by atoms with E-state index in [9.17, 15) is 0 Å². The largest absolute Gasteiger partial charge is 0.304 e. The fourth-order valence-electron chi connectivity index (χ4n) is 5.92. The van der Waals surface area contributed by atoms with Crippen molar-refractivity contribution in [2.45, 2.75) is 26.5 Å². The smallest absolute Gasteiger partial charge is 0.228 e. The molecule has 0 amide bonds. The number of para-hydroxylation sites is 1. The first-order chi connectivity index (χ1) is 21.7. The van der Waals surface area contributed by atoms with E-state index in [-0.39, 0.29) is 26.8 Å². The molecular formula is C39H25BIrN2S2-2. The summed E-state index contributed by atoms with van der Waals surface area (Å²) in [6.07, 6.45) is 1.87. The zero-order valence-electron chi connectivity index (χ0n) is 24.3. The summed E-state index contributed by atoms with van der Waals surface area (Å²) in [6.45, 7) is 2.29. The molecule has 2 aliphatic rings. The topological polar surface area (TPSA) is 25.8 Å². The predicted molar refractivity (Wildman–Crippen MR) is 185 cm³/mol.